The number of hydrogen-bond acceptors (Lipinski definition) is 6. The molecule has 0 unspecified atom stereocenters. The van der Waals surface area contributed by atoms with Crippen molar-refractivity contribution in [3.05, 3.63) is 57.7 Å². The number of rotatable bonds is 6. The third-order valence-corrected chi connectivity index (χ3v) is 4.77. The van der Waals surface area contributed by atoms with Crippen molar-refractivity contribution in [1.82, 2.24) is 4.98 Å². The van der Waals surface area contributed by atoms with Gasteiger partial charge >= 0.3 is 0 Å². The molecule has 3 aromatic rings. The second-order valence-electron chi connectivity index (χ2n) is 5.04. The van der Waals surface area contributed by atoms with Gasteiger partial charge in [0, 0.05) is 10.8 Å². The molecule has 1 aromatic carbocycles. The first-order valence-corrected chi connectivity index (χ1v) is 9.19. The number of nitrogens with zero attached hydrogens (tertiary/aromatic N) is 1. The van der Waals surface area contributed by atoms with Crippen molar-refractivity contribution in [2.24, 2.45) is 0 Å². The minimum Gasteiger partial charge on any atom is -0.495 e. The molecule has 6 nitrogen and oxygen atoms in total. The monoisotopic (exact) mass is 373 g/mol. The molecule has 0 aliphatic rings. The average Bonchev–Trinajstić information content (AvgIpc) is 3.27. The first kappa shape index (κ1) is 17.1. The molecule has 0 saturated heterocycles. The summed E-state index contributed by atoms with van der Waals surface area (Å²) in [6.45, 7) is 0. The number of para-hydroxylation sites is 2. The van der Waals surface area contributed by atoms with E-state index in [-0.39, 0.29) is 18.2 Å². The molecule has 128 valence electrons. The molecule has 8 heteroatoms. The maximum atomic E-state index is 12.2. The van der Waals surface area contributed by atoms with Crippen molar-refractivity contribution in [2.45, 2.75) is 6.42 Å². The van der Waals surface area contributed by atoms with Gasteiger partial charge in [-0.15, -0.1) is 11.3 Å². The van der Waals surface area contributed by atoms with Gasteiger partial charge < -0.3 is 10.1 Å². The van der Waals surface area contributed by atoms with Crippen LogP contribution in [0.15, 0.2) is 46.5 Å². The summed E-state index contributed by atoms with van der Waals surface area (Å²) in [4.78, 5) is 28.4. The Labute approximate surface area is 152 Å². The molecule has 0 bridgehead atoms. The molecule has 2 N–H and O–H groups in total. The van der Waals surface area contributed by atoms with Gasteiger partial charge in [0.25, 0.3) is 5.91 Å². The highest BCUT2D eigenvalue weighted by atomic mass is 32.1. The molecule has 3 rings (SSSR count). The maximum Gasteiger partial charge on any atom is 0.258 e. The van der Waals surface area contributed by atoms with Crippen LogP contribution in [-0.4, -0.2) is 23.9 Å². The molecule has 0 radical (unpaired) electrons. The number of thiazole rings is 1. The van der Waals surface area contributed by atoms with Crippen molar-refractivity contribution >= 4 is 45.3 Å². The SMILES string of the molecule is COc1ccccc1NC(=O)Cc1csc(NC(=O)c2ccsc2)n1. The zero-order valence-corrected chi connectivity index (χ0v) is 14.9. The summed E-state index contributed by atoms with van der Waals surface area (Å²) in [5, 5.41) is 11.4. The van der Waals surface area contributed by atoms with Crippen LogP contribution in [0.25, 0.3) is 0 Å². The Morgan fingerprint density at radius 1 is 1.16 bits per heavy atom. The van der Waals surface area contributed by atoms with E-state index in [1.54, 1.807) is 36.1 Å². The van der Waals surface area contributed by atoms with E-state index in [1.807, 2.05) is 17.5 Å². The molecule has 2 heterocycles. The zero-order chi connectivity index (χ0) is 17.6. The van der Waals surface area contributed by atoms with Crippen LogP contribution in [-0.2, 0) is 11.2 Å². The Kier molecular flexibility index (Phi) is 5.42. The van der Waals surface area contributed by atoms with Crippen molar-refractivity contribution in [1.29, 1.82) is 0 Å². The molecular formula is C17H15N3O3S2. The van der Waals surface area contributed by atoms with Crippen molar-refractivity contribution in [2.75, 3.05) is 17.7 Å². The third-order valence-electron chi connectivity index (χ3n) is 3.28. The van der Waals surface area contributed by atoms with Crippen LogP contribution >= 0.6 is 22.7 Å². The third kappa shape index (κ3) is 4.43. The van der Waals surface area contributed by atoms with Crippen LogP contribution in [0.5, 0.6) is 5.75 Å². The molecule has 2 amide bonds. The molecular weight excluding hydrogens is 358 g/mol. The number of ether oxygens (including phenoxy) is 1. The number of methoxy groups -OCH3 is 1. The highest BCUT2D eigenvalue weighted by Crippen LogP contribution is 2.23. The van der Waals surface area contributed by atoms with E-state index >= 15 is 0 Å². The summed E-state index contributed by atoms with van der Waals surface area (Å²) in [5.41, 5.74) is 1.80. The summed E-state index contributed by atoms with van der Waals surface area (Å²) < 4.78 is 5.20. The quantitative estimate of drug-likeness (QED) is 0.691. The van der Waals surface area contributed by atoms with E-state index in [1.165, 1.54) is 22.7 Å². The van der Waals surface area contributed by atoms with Crippen molar-refractivity contribution < 1.29 is 14.3 Å². The average molecular weight is 373 g/mol. The first-order chi connectivity index (χ1) is 12.2. The number of nitrogens with one attached hydrogen (secondary N) is 2. The number of benzene rings is 1. The summed E-state index contributed by atoms with van der Waals surface area (Å²) in [5.74, 6) is 0.184. The minimum absolute atomic E-state index is 0.114. The van der Waals surface area contributed by atoms with Gasteiger partial charge in [-0.1, -0.05) is 12.1 Å². The van der Waals surface area contributed by atoms with E-state index in [2.05, 4.69) is 15.6 Å². The van der Waals surface area contributed by atoms with Crippen LogP contribution in [0.4, 0.5) is 10.8 Å². The lowest BCUT2D eigenvalue weighted by Gasteiger charge is -2.08. The van der Waals surface area contributed by atoms with Gasteiger partial charge in [-0.3, -0.25) is 14.9 Å². The molecule has 2 aromatic heterocycles. The standard InChI is InChI=1S/C17H15N3O3S2/c1-23-14-5-3-2-4-13(14)19-15(21)8-12-10-25-17(18-12)20-16(22)11-6-7-24-9-11/h2-7,9-10H,8H2,1H3,(H,19,21)(H,18,20,22). The second-order valence-corrected chi connectivity index (χ2v) is 6.67. The smallest absolute Gasteiger partial charge is 0.258 e. The lowest BCUT2D eigenvalue weighted by molar-refractivity contribution is -0.115. The van der Waals surface area contributed by atoms with E-state index in [4.69, 9.17) is 4.74 Å². The van der Waals surface area contributed by atoms with Crippen LogP contribution < -0.4 is 15.4 Å². The van der Waals surface area contributed by atoms with Gasteiger partial charge in [-0.05, 0) is 23.6 Å². The number of carbonyl (C=O) groups excluding carboxylic acids is 2. The normalized spacial score (nSPS) is 10.3. The lowest BCUT2D eigenvalue weighted by Crippen LogP contribution is -2.15. The zero-order valence-electron chi connectivity index (χ0n) is 13.3. The molecule has 0 saturated carbocycles. The van der Waals surface area contributed by atoms with Gasteiger partial charge in [0.1, 0.15) is 5.75 Å². The largest absolute Gasteiger partial charge is 0.495 e. The molecule has 25 heavy (non-hydrogen) atoms. The highest BCUT2D eigenvalue weighted by Gasteiger charge is 2.12. The van der Waals surface area contributed by atoms with E-state index in [0.717, 1.165) is 0 Å². The Morgan fingerprint density at radius 3 is 2.76 bits per heavy atom. The Bertz CT molecular complexity index is 875. The molecule has 0 aliphatic carbocycles. The maximum absolute atomic E-state index is 12.2. The number of anilines is 2. The molecule has 0 spiro atoms. The Morgan fingerprint density at radius 2 is 2.00 bits per heavy atom. The number of hydrogen-bond donors (Lipinski definition) is 2. The fraction of sp³-hybridized carbons (Fsp3) is 0.118. The highest BCUT2D eigenvalue weighted by molar-refractivity contribution is 7.14. The Hall–Kier alpha value is -2.71. The van der Waals surface area contributed by atoms with Gasteiger partial charge in [0.05, 0.1) is 30.5 Å². The lowest BCUT2D eigenvalue weighted by atomic mass is 10.2. The van der Waals surface area contributed by atoms with Crippen LogP contribution in [0.3, 0.4) is 0 Å². The number of carbonyl (C=O) groups is 2. The predicted octanol–water partition coefficient (Wildman–Crippen LogP) is 3.65. The van der Waals surface area contributed by atoms with Crippen LogP contribution in [0, 0.1) is 0 Å². The molecule has 0 fully saturated rings. The van der Waals surface area contributed by atoms with Gasteiger partial charge in [-0.2, -0.15) is 11.3 Å². The van der Waals surface area contributed by atoms with E-state index in [9.17, 15) is 9.59 Å². The number of amides is 2. The fourth-order valence-electron chi connectivity index (χ4n) is 2.12. The summed E-state index contributed by atoms with van der Waals surface area (Å²) in [6, 6.07) is 8.94. The van der Waals surface area contributed by atoms with Crippen molar-refractivity contribution in [3.8, 4) is 5.75 Å². The minimum atomic E-state index is -0.208. The van der Waals surface area contributed by atoms with Gasteiger partial charge in [0.15, 0.2) is 5.13 Å². The second kappa shape index (κ2) is 7.91. The fourth-order valence-corrected chi connectivity index (χ4v) is 3.46. The van der Waals surface area contributed by atoms with E-state index < -0.39 is 0 Å². The van der Waals surface area contributed by atoms with Gasteiger partial charge in [0.2, 0.25) is 5.91 Å². The van der Waals surface area contributed by atoms with Crippen LogP contribution in [0.2, 0.25) is 0 Å². The first-order valence-electron chi connectivity index (χ1n) is 7.36. The van der Waals surface area contributed by atoms with Crippen molar-refractivity contribution in [3.63, 3.8) is 0 Å². The number of aromatic nitrogens is 1. The summed E-state index contributed by atoms with van der Waals surface area (Å²) in [7, 11) is 1.55. The Balaban J connectivity index is 1.59. The van der Waals surface area contributed by atoms with E-state index in [0.29, 0.717) is 27.8 Å². The predicted molar refractivity (Wildman–Crippen MR) is 99.7 cm³/mol. The van der Waals surface area contributed by atoms with Crippen LogP contribution in [0.1, 0.15) is 16.1 Å². The number of thiophene rings is 1. The van der Waals surface area contributed by atoms with Gasteiger partial charge in [-0.25, -0.2) is 4.98 Å². The molecule has 0 atom stereocenters. The summed E-state index contributed by atoms with van der Waals surface area (Å²) >= 11 is 2.74. The molecule has 0 aliphatic heterocycles. The summed E-state index contributed by atoms with van der Waals surface area (Å²) in [6.07, 6.45) is 0.114. The topological polar surface area (TPSA) is 80.3 Å².